The maximum atomic E-state index is 13.1. The number of nitrogens with zero attached hydrogens (tertiary/aromatic N) is 6. The van der Waals surface area contributed by atoms with Crippen LogP contribution in [0.5, 0.6) is 0 Å². The van der Waals surface area contributed by atoms with E-state index in [-0.39, 0.29) is 11.5 Å². The molecule has 2 aromatic carbocycles. The molecule has 0 aliphatic carbocycles. The van der Waals surface area contributed by atoms with Crippen molar-refractivity contribution in [1.82, 2.24) is 24.1 Å². The molecule has 1 amide bonds. The molecule has 5 rings (SSSR count). The first kappa shape index (κ1) is 24.7. The van der Waals surface area contributed by atoms with Gasteiger partial charge >= 0.3 is 5.56 Å². The quantitative estimate of drug-likeness (QED) is 0.404. The van der Waals surface area contributed by atoms with E-state index in [0.29, 0.717) is 30.7 Å². The number of benzene rings is 2. The van der Waals surface area contributed by atoms with Crippen molar-refractivity contribution in [2.24, 2.45) is 0 Å². The maximum Gasteiger partial charge on any atom is 0.300 e. The van der Waals surface area contributed by atoms with Crippen molar-refractivity contribution in [3.8, 4) is 5.69 Å². The third-order valence-corrected chi connectivity index (χ3v) is 7.15. The third-order valence-electron chi connectivity index (χ3n) is 7.15. The molecule has 0 N–H and O–H groups in total. The molecule has 0 unspecified atom stereocenters. The number of aromatic nitrogens is 4. The zero-order valence-electron chi connectivity index (χ0n) is 22.1. The van der Waals surface area contributed by atoms with E-state index in [4.69, 9.17) is 0 Å². The molecule has 192 valence electrons. The van der Waals surface area contributed by atoms with E-state index in [1.165, 1.54) is 16.8 Å². The number of anilines is 1. The van der Waals surface area contributed by atoms with Gasteiger partial charge in [0.1, 0.15) is 5.82 Å². The van der Waals surface area contributed by atoms with Crippen molar-refractivity contribution in [3.63, 3.8) is 0 Å². The molecule has 1 fully saturated rings. The molecule has 4 aromatic rings. The highest BCUT2D eigenvalue weighted by molar-refractivity contribution is 5.76. The van der Waals surface area contributed by atoms with Crippen LogP contribution in [0.3, 0.4) is 0 Å². The van der Waals surface area contributed by atoms with E-state index >= 15 is 0 Å². The van der Waals surface area contributed by atoms with Crippen molar-refractivity contribution < 1.29 is 4.79 Å². The van der Waals surface area contributed by atoms with Gasteiger partial charge in [-0.3, -0.25) is 18.6 Å². The number of hydrogen-bond acceptors (Lipinski definition) is 5. The highest BCUT2D eigenvalue weighted by atomic mass is 16.2. The Morgan fingerprint density at radius 1 is 0.865 bits per heavy atom. The average molecular weight is 499 g/mol. The second kappa shape index (κ2) is 10.2. The molecular weight excluding hydrogens is 464 g/mol. The van der Waals surface area contributed by atoms with Gasteiger partial charge in [0, 0.05) is 62.8 Å². The Labute approximate surface area is 217 Å². The molecule has 1 saturated heterocycles. The molecule has 2 aromatic heterocycles. The van der Waals surface area contributed by atoms with Crippen LogP contribution in [0.25, 0.3) is 11.3 Å². The smallest absolute Gasteiger partial charge is 0.300 e. The van der Waals surface area contributed by atoms with Crippen molar-refractivity contribution in [2.75, 3.05) is 31.1 Å². The number of carbonyl (C=O) groups excluding carboxylic acids is 1. The minimum atomic E-state index is -0.205. The van der Waals surface area contributed by atoms with Gasteiger partial charge in [0.2, 0.25) is 11.6 Å². The number of piperazine rings is 1. The molecule has 0 atom stereocenters. The minimum Gasteiger partial charge on any atom is -0.368 e. The lowest BCUT2D eigenvalue weighted by Crippen LogP contribution is -2.49. The first-order chi connectivity index (χ1) is 17.8. The van der Waals surface area contributed by atoms with Crippen LogP contribution in [-0.4, -0.2) is 56.2 Å². The van der Waals surface area contributed by atoms with Gasteiger partial charge in [0.15, 0.2) is 0 Å². The fraction of sp³-hybridized carbons (Fsp3) is 0.379. The minimum absolute atomic E-state index is 0.173. The van der Waals surface area contributed by atoms with Crippen LogP contribution in [0.4, 0.5) is 5.69 Å². The number of fused-ring (bicyclic) bond motifs is 1. The summed E-state index contributed by atoms with van der Waals surface area (Å²) in [5, 5.41) is 8.43. The van der Waals surface area contributed by atoms with Gasteiger partial charge in [0.25, 0.3) is 0 Å². The number of rotatable bonds is 6. The molecule has 0 saturated carbocycles. The fourth-order valence-electron chi connectivity index (χ4n) is 5.21. The summed E-state index contributed by atoms with van der Waals surface area (Å²) in [6.07, 6.45) is 5.30. The van der Waals surface area contributed by atoms with E-state index in [2.05, 4.69) is 53.2 Å². The Kier molecular flexibility index (Phi) is 6.82. The van der Waals surface area contributed by atoms with Crippen LogP contribution < -0.4 is 10.5 Å². The van der Waals surface area contributed by atoms with Crippen LogP contribution in [0.15, 0.2) is 53.6 Å². The molecule has 8 heteroatoms. The largest absolute Gasteiger partial charge is 0.368 e. The molecule has 0 spiro atoms. The van der Waals surface area contributed by atoms with Crippen LogP contribution >= 0.6 is 0 Å². The van der Waals surface area contributed by atoms with Gasteiger partial charge in [-0.25, -0.2) is 0 Å². The van der Waals surface area contributed by atoms with Gasteiger partial charge in [0.05, 0.1) is 0 Å². The monoisotopic (exact) mass is 498 g/mol. The average Bonchev–Trinajstić information content (AvgIpc) is 3.29. The van der Waals surface area contributed by atoms with Crippen molar-refractivity contribution in [3.05, 3.63) is 87.2 Å². The summed E-state index contributed by atoms with van der Waals surface area (Å²) >= 11 is 0. The summed E-state index contributed by atoms with van der Waals surface area (Å²) in [5.74, 6) is 0.874. The highest BCUT2D eigenvalue weighted by Gasteiger charge is 2.22. The van der Waals surface area contributed by atoms with E-state index in [1.807, 2.05) is 37.1 Å². The number of carbonyl (C=O) groups is 1. The number of hydrogen-bond donors (Lipinski definition) is 0. The van der Waals surface area contributed by atoms with Crippen molar-refractivity contribution in [2.45, 2.75) is 47.0 Å². The van der Waals surface area contributed by atoms with Crippen molar-refractivity contribution in [1.29, 1.82) is 0 Å². The van der Waals surface area contributed by atoms with Crippen LogP contribution in [0.2, 0.25) is 0 Å². The lowest BCUT2D eigenvalue weighted by Gasteiger charge is -2.37. The molecule has 1 aliphatic heterocycles. The Bertz CT molecular complexity index is 1490. The summed E-state index contributed by atoms with van der Waals surface area (Å²) in [6, 6.07) is 12.6. The standard InChI is InChI=1S/C29H34N6O2/c1-20-8-9-23(4)25(19-20)32-10-12-33(13-11-32)27(36)7-5-6-26-30-31-28-29(37)34(14-15-35(26)28)24-17-21(2)16-22(3)18-24/h8-9,14-19H,5-7,10-13H2,1-4H3. The summed E-state index contributed by atoms with van der Waals surface area (Å²) in [6.45, 7) is 11.4. The summed E-state index contributed by atoms with van der Waals surface area (Å²) < 4.78 is 3.35. The maximum absolute atomic E-state index is 13.1. The summed E-state index contributed by atoms with van der Waals surface area (Å²) in [7, 11) is 0. The highest BCUT2D eigenvalue weighted by Crippen LogP contribution is 2.23. The van der Waals surface area contributed by atoms with E-state index in [0.717, 1.165) is 43.0 Å². The number of aryl methyl sites for hydroxylation is 5. The van der Waals surface area contributed by atoms with Crippen molar-refractivity contribution >= 4 is 17.2 Å². The van der Waals surface area contributed by atoms with Crippen LogP contribution in [0, 0.1) is 27.7 Å². The van der Waals surface area contributed by atoms with E-state index < -0.39 is 0 Å². The molecule has 1 aliphatic rings. The Hall–Kier alpha value is -3.94. The molecule has 0 radical (unpaired) electrons. The predicted octanol–water partition coefficient (Wildman–Crippen LogP) is 3.79. The first-order valence-corrected chi connectivity index (χ1v) is 12.9. The Balaban J connectivity index is 1.19. The van der Waals surface area contributed by atoms with E-state index in [1.54, 1.807) is 15.2 Å². The molecule has 0 bridgehead atoms. The SMILES string of the molecule is Cc1cc(C)cc(-n2ccn3c(CCCC(=O)N4CCN(c5cc(C)ccc5C)CC4)nnc3c2=O)c1. The lowest BCUT2D eigenvalue weighted by atomic mass is 10.1. The third kappa shape index (κ3) is 5.14. The van der Waals surface area contributed by atoms with Crippen LogP contribution in [0.1, 0.15) is 40.9 Å². The summed E-state index contributed by atoms with van der Waals surface area (Å²) in [5.41, 5.74) is 6.89. The Morgan fingerprint density at radius 3 is 2.32 bits per heavy atom. The van der Waals surface area contributed by atoms with Gasteiger partial charge < -0.3 is 9.80 Å². The predicted molar refractivity (Wildman–Crippen MR) is 146 cm³/mol. The fourth-order valence-corrected chi connectivity index (χ4v) is 5.21. The Morgan fingerprint density at radius 2 is 1.59 bits per heavy atom. The van der Waals surface area contributed by atoms with Crippen LogP contribution in [-0.2, 0) is 11.2 Å². The summed E-state index contributed by atoms with van der Waals surface area (Å²) in [4.78, 5) is 30.3. The zero-order valence-corrected chi connectivity index (χ0v) is 22.1. The molecule has 8 nitrogen and oxygen atoms in total. The normalized spacial score (nSPS) is 13.9. The second-order valence-corrected chi connectivity index (χ2v) is 10.1. The molecule has 3 heterocycles. The first-order valence-electron chi connectivity index (χ1n) is 12.9. The van der Waals surface area contributed by atoms with Gasteiger partial charge in [-0.15, -0.1) is 10.2 Å². The number of amides is 1. The zero-order chi connectivity index (χ0) is 26.1. The van der Waals surface area contributed by atoms with Gasteiger partial charge in [-0.2, -0.15) is 0 Å². The van der Waals surface area contributed by atoms with Gasteiger partial charge in [-0.05, 0) is 74.6 Å². The van der Waals surface area contributed by atoms with Gasteiger partial charge in [-0.1, -0.05) is 18.2 Å². The topological polar surface area (TPSA) is 75.7 Å². The second-order valence-electron chi connectivity index (χ2n) is 10.1. The molecular formula is C29H34N6O2. The lowest BCUT2D eigenvalue weighted by molar-refractivity contribution is -0.131. The molecule has 37 heavy (non-hydrogen) atoms. The van der Waals surface area contributed by atoms with E-state index in [9.17, 15) is 9.59 Å².